The molecule has 3 rings (SSSR count). The van der Waals surface area contributed by atoms with Crippen molar-refractivity contribution < 1.29 is 72.0 Å². The molecule has 3 aliphatic rings. The zero-order chi connectivity index (χ0) is 43.3. The van der Waals surface area contributed by atoms with Gasteiger partial charge in [-0.15, -0.1) is 0 Å². The van der Waals surface area contributed by atoms with Crippen molar-refractivity contribution in [2.24, 2.45) is 35.5 Å². The predicted octanol–water partition coefficient (Wildman–Crippen LogP) is 4.53. The molecule has 3 aliphatic heterocycles. The maximum Gasteiger partial charge on any atom is 0.311 e. The molecule has 15 heteroatoms. The Morgan fingerprint density at radius 3 is 2.02 bits per heavy atom. The quantitative estimate of drug-likeness (QED) is 0.231. The van der Waals surface area contributed by atoms with Gasteiger partial charge in [0.25, 0.3) is 0 Å². The Morgan fingerprint density at radius 1 is 0.860 bits per heavy atom. The first-order chi connectivity index (χ1) is 26.4. The second-order valence-electron chi connectivity index (χ2n) is 17.5. The summed E-state index contributed by atoms with van der Waals surface area (Å²) in [6, 6.07) is 0. The molecule has 0 aromatic heterocycles. The Labute approximate surface area is 339 Å². The van der Waals surface area contributed by atoms with Gasteiger partial charge in [0.1, 0.15) is 29.5 Å². The molecule has 3 heterocycles. The number of rotatable bonds is 10. The number of hydrogen-bond donors (Lipinski definition) is 2. The maximum atomic E-state index is 14.6. The van der Waals surface area contributed by atoms with E-state index in [1.165, 1.54) is 35.0 Å². The van der Waals surface area contributed by atoms with Crippen molar-refractivity contribution in [3.63, 3.8) is 0 Å². The van der Waals surface area contributed by atoms with E-state index in [-0.39, 0.29) is 24.9 Å². The molecule has 330 valence electrons. The smallest absolute Gasteiger partial charge is 0.311 e. The number of aliphatic hydroxyl groups excluding tert-OH is 1. The summed E-state index contributed by atoms with van der Waals surface area (Å²) in [7, 11) is 3.01. The number of cyclic esters (lactones) is 1. The predicted molar refractivity (Wildman–Crippen MR) is 206 cm³/mol. The molecule has 0 aliphatic carbocycles. The highest BCUT2D eigenvalue weighted by Crippen LogP contribution is 2.41. The van der Waals surface area contributed by atoms with Crippen molar-refractivity contribution in [2.75, 3.05) is 14.2 Å². The largest absolute Gasteiger partial charge is 0.461 e. The third kappa shape index (κ3) is 11.7. The molecule has 8 unspecified atom stereocenters. The number of Topliss-reactive ketones (excluding diaryl/α,β-unsaturated/α-hetero) is 1. The number of ether oxygens (including phenoxy) is 9. The van der Waals surface area contributed by atoms with Crippen LogP contribution in [0.2, 0.25) is 0 Å². The highest BCUT2D eigenvalue weighted by Gasteiger charge is 2.52. The summed E-state index contributed by atoms with van der Waals surface area (Å²) in [5.41, 5.74) is -2.97. The van der Waals surface area contributed by atoms with Gasteiger partial charge >= 0.3 is 17.9 Å². The second-order valence-corrected chi connectivity index (χ2v) is 17.5. The Kier molecular flexibility index (Phi) is 17.5. The first-order valence-corrected chi connectivity index (χ1v) is 20.6. The van der Waals surface area contributed by atoms with Crippen LogP contribution >= 0.6 is 0 Å². The zero-order valence-corrected chi connectivity index (χ0v) is 36.8. The summed E-state index contributed by atoms with van der Waals surface area (Å²) >= 11 is 0. The average molecular weight is 817 g/mol. The molecule has 19 atom stereocenters. The van der Waals surface area contributed by atoms with E-state index in [9.17, 15) is 29.4 Å². The maximum absolute atomic E-state index is 14.6. The van der Waals surface area contributed by atoms with Gasteiger partial charge in [-0.3, -0.25) is 19.2 Å². The van der Waals surface area contributed by atoms with Gasteiger partial charge in [-0.2, -0.15) is 0 Å². The molecule has 3 fully saturated rings. The number of carbonyl (C=O) groups excluding carboxylic acids is 4. The van der Waals surface area contributed by atoms with E-state index >= 15 is 0 Å². The van der Waals surface area contributed by atoms with Crippen molar-refractivity contribution in [3.8, 4) is 0 Å². The van der Waals surface area contributed by atoms with Crippen LogP contribution in [0.15, 0.2) is 0 Å². The van der Waals surface area contributed by atoms with Crippen molar-refractivity contribution in [1.82, 2.24) is 0 Å². The molecule has 0 aromatic rings. The van der Waals surface area contributed by atoms with Gasteiger partial charge in [-0.05, 0) is 52.9 Å². The van der Waals surface area contributed by atoms with Gasteiger partial charge in [0.05, 0.1) is 42.4 Å². The molecule has 0 spiro atoms. The zero-order valence-electron chi connectivity index (χ0n) is 36.8. The van der Waals surface area contributed by atoms with Crippen molar-refractivity contribution in [2.45, 2.75) is 194 Å². The lowest BCUT2D eigenvalue weighted by molar-refractivity contribution is -0.313. The van der Waals surface area contributed by atoms with E-state index in [0.717, 1.165) is 0 Å². The van der Waals surface area contributed by atoms with E-state index in [1.807, 2.05) is 34.6 Å². The minimum absolute atomic E-state index is 0.110. The molecule has 2 N–H and O–H groups in total. The van der Waals surface area contributed by atoms with Gasteiger partial charge in [0.15, 0.2) is 24.5 Å². The van der Waals surface area contributed by atoms with Crippen LogP contribution < -0.4 is 0 Å². The van der Waals surface area contributed by atoms with E-state index in [0.29, 0.717) is 12.8 Å². The summed E-state index contributed by atoms with van der Waals surface area (Å²) in [6.45, 7) is 22.0. The normalized spacial score (nSPS) is 44.6. The van der Waals surface area contributed by atoms with Gasteiger partial charge < -0.3 is 52.8 Å². The fraction of sp³-hybridized carbons (Fsp3) is 0.905. The molecule has 0 radical (unpaired) electrons. The Balaban J connectivity index is 2.22. The van der Waals surface area contributed by atoms with Crippen LogP contribution in [0.1, 0.15) is 116 Å². The highest BCUT2D eigenvalue weighted by atomic mass is 16.7. The minimum atomic E-state index is -1.94. The number of esters is 3. The standard InChI is InChI=1S/C42H72O15/c1-16-20(2)33-23(5)35(53-28(10)43)25(7)37(46)41(12,48)18-21(3)34(57-40-32(45)30(49-14)17-22(4)51-40)24(6)36(26(8)39(47)56-33)55-31-19-42(13,50-15)38(27(9)52-31)54-29(11)44/h20-27,30-36,38,40,45,48H,16-19H2,1-15H3/t20-,21-,22?,23-,24+,25+,26+,27?,30?,31?,32?,33+,34-,35-,36-,38?,40?,41-,42?/m0/s1. The summed E-state index contributed by atoms with van der Waals surface area (Å²) in [6.07, 6.45) is -8.41. The van der Waals surface area contributed by atoms with E-state index < -0.39 is 126 Å². The topological polar surface area (TPSA) is 192 Å². The monoisotopic (exact) mass is 816 g/mol. The molecule has 0 aromatic carbocycles. The number of ketones is 1. The molecular weight excluding hydrogens is 744 g/mol. The highest BCUT2D eigenvalue weighted by molar-refractivity contribution is 5.89. The van der Waals surface area contributed by atoms with Crippen LogP contribution in [0.5, 0.6) is 0 Å². The van der Waals surface area contributed by atoms with E-state index in [1.54, 1.807) is 34.6 Å². The first-order valence-electron chi connectivity index (χ1n) is 20.6. The molecule has 0 amide bonds. The van der Waals surface area contributed by atoms with Crippen LogP contribution in [-0.2, 0) is 61.8 Å². The van der Waals surface area contributed by atoms with Gasteiger partial charge in [-0.25, -0.2) is 0 Å². The van der Waals surface area contributed by atoms with Gasteiger partial charge in [-0.1, -0.05) is 48.0 Å². The van der Waals surface area contributed by atoms with E-state index in [4.69, 9.17) is 42.6 Å². The Morgan fingerprint density at radius 2 is 1.47 bits per heavy atom. The van der Waals surface area contributed by atoms with Crippen LogP contribution in [0.4, 0.5) is 0 Å². The fourth-order valence-electron chi connectivity index (χ4n) is 9.20. The fourth-order valence-corrected chi connectivity index (χ4v) is 9.20. The van der Waals surface area contributed by atoms with Gasteiger partial charge in [0, 0.05) is 52.7 Å². The average Bonchev–Trinajstić information content (AvgIpc) is 3.13. The van der Waals surface area contributed by atoms with Crippen LogP contribution in [0, 0.1) is 35.5 Å². The molecule has 15 nitrogen and oxygen atoms in total. The number of aliphatic hydroxyl groups is 2. The summed E-state index contributed by atoms with van der Waals surface area (Å²) in [5.74, 6) is -6.40. The summed E-state index contributed by atoms with van der Waals surface area (Å²) in [5, 5.41) is 23.4. The Bertz CT molecular complexity index is 1360. The molecule has 0 saturated carbocycles. The van der Waals surface area contributed by atoms with Crippen LogP contribution in [-0.4, -0.2) is 127 Å². The van der Waals surface area contributed by atoms with Crippen LogP contribution in [0.25, 0.3) is 0 Å². The third-order valence-electron chi connectivity index (χ3n) is 12.6. The first kappa shape index (κ1) is 49.1. The lowest BCUT2D eigenvalue weighted by Gasteiger charge is -2.48. The minimum Gasteiger partial charge on any atom is -0.461 e. The summed E-state index contributed by atoms with van der Waals surface area (Å²) in [4.78, 5) is 53.4. The molecular formula is C42H72O15. The number of hydrogen-bond acceptors (Lipinski definition) is 15. The van der Waals surface area contributed by atoms with Crippen LogP contribution in [0.3, 0.4) is 0 Å². The molecule has 57 heavy (non-hydrogen) atoms. The number of methoxy groups -OCH3 is 2. The lowest BCUT2D eigenvalue weighted by Crippen LogP contribution is -2.59. The van der Waals surface area contributed by atoms with Crippen molar-refractivity contribution in [3.05, 3.63) is 0 Å². The lowest BCUT2D eigenvalue weighted by atomic mass is 9.74. The van der Waals surface area contributed by atoms with Gasteiger partial charge in [0.2, 0.25) is 0 Å². The summed E-state index contributed by atoms with van der Waals surface area (Å²) < 4.78 is 55.3. The third-order valence-corrected chi connectivity index (χ3v) is 12.6. The van der Waals surface area contributed by atoms with Crippen molar-refractivity contribution >= 4 is 23.7 Å². The molecule has 3 saturated heterocycles. The number of carbonyl (C=O) groups is 4. The second kappa shape index (κ2) is 20.3. The SMILES string of the molecule is CC[C@H](C)[C@H]1OC(=O)[C@H](C)[C@@H](OC2CC(C)(OC)C(OC(C)=O)C(C)O2)[C@H](C)[C@@H](OC2OC(C)CC(OC)C2O)[C@@H](C)C[C@](C)(O)C(=O)[C@H](C)[C@@H](OC(C)=O)[C@H]1C. The Hall–Kier alpha value is -2.24. The van der Waals surface area contributed by atoms with Crippen molar-refractivity contribution in [1.29, 1.82) is 0 Å². The van der Waals surface area contributed by atoms with E-state index in [2.05, 4.69) is 0 Å². The molecule has 0 bridgehead atoms.